The second kappa shape index (κ2) is 7.63. The molecule has 0 unspecified atom stereocenters. The SMILES string of the molecule is Cc1cccc(OC[C@H]2CCCN(C(=O)c3ccnn3C(F)F)C2)c1. The first-order valence-electron chi connectivity index (χ1n) is 8.35. The van der Waals surface area contributed by atoms with E-state index in [4.69, 9.17) is 4.74 Å². The van der Waals surface area contributed by atoms with Gasteiger partial charge in [-0.05, 0) is 43.5 Å². The first-order valence-corrected chi connectivity index (χ1v) is 8.35. The Bertz CT molecular complexity index is 733. The summed E-state index contributed by atoms with van der Waals surface area (Å²) in [6, 6.07) is 9.14. The number of aryl methyl sites for hydroxylation is 1. The molecule has 0 spiro atoms. The lowest BCUT2D eigenvalue weighted by Gasteiger charge is -2.32. The third kappa shape index (κ3) is 4.15. The number of hydrogen-bond donors (Lipinski definition) is 0. The zero-order valence-corrected chi connectivity index (χ0v) is 14.1. The molecule has 1 aromatic heterocycles. The molecule has 134 valence electrons. The highest BCUT2D eigenvalue weighted by atomic mass is 19.3. The zero-order valence-electron chi connectivity index (χ0n) is 14.1. The number of carbonyl (C=O) groups excluding carboxylic acids is 1. The van der Waals surface area contributed by atoms with E-state index in [9.17, 15) is 13.6 Å². The molecule has 1 fully saturated rings. The fourth-order valence-electron chi connectivity index (χ4n) is 3.11. The Morgan fingerprint density at radius 2 is 2.24 bits per heavy atom. The van der Waals surface area contributed by atoms with Crippen LogP contribution in [0.25, 0.3) is 0 Å². The van der Waals surface area contributed by atoms with Gasteiger partial charge in [-0.25, -0.2) is 0 Å². The third-order valence-electron chi connectivity index (χ3n) is 4.36. The molecule has 0 bridgehead atoms. The lowest BCUT2D eigenvalue weighted by atomic mass is 9.98. The summed E-state index contributed by atoms with van der Waals surface area (Å²) in [4.78, 5) is 14.2. The molecule has 0 radical (unpaired) electrons. The average molecular weight is 349 g/mol. The van der Waals surface area contributed by atoms with Crippen LogP contribution in [0.5, 0.6) is 5.75 Å². The predicted octanol–water partition coefficient (Wildman–Crippen LogP) is 3.52. The molecule has 0 N–H and O–H groups in total. The van der Waals surface area contributed by atoms with Gasteiger partial charge in [0.05, 0.1) is 6.61 Å². The number of carbonyl (C=O) groups is 1. The van der Waals surface area contributed by atoms with E-state index in [1.807, 2.05) is 31.2 Å². The number of rotatable bonds is 5. The lowest BCUT2D eigenvalue weighted by molar-refractivity contribution is 0.0425. The highest BCUT2D eigenvalue weighted by Crippen LogP contribution is 2.22. The Labute approximate surface area is 145 Å². The van der Waals surface area contributed by atoms with Crippen molar-refractivity contribution in [3.8, 4) is 5.75 Å². The number of nitrogens with zero attached hydrogens (tertiary/aromatic N) is 3. The molecular formula is C18H21F2N3O2. The molecule has 2 aromatic rings. The molecule has 5 nitrogen and oxygen atoms in total. The maximum absolute atomic E-state index is 12.9. The molecule has 7 heteroatoms. The molecule has 0 saturated carbocycles. The molecule has 1 saturated heterocycles. The van der Waals surface area contributed by atoms with Gasteiger partial charge in [0.15, 0.2) is 0 Å². The summed E-state index contributed by atoms with van der Waals surface area (Å²) in [5.74, 6) is 0.582. The van der Waals surface area contributed by atoms with E-state index < -0.39 is 12.5 Å². The number of aromatic nitrogens is 2. The fraction of sp³-hybridized carbons (Fsp3) is 0.444. The van der Waals surface area contributed by atoms with Gasteiger partial charge in [-0.1, -0.05) is 12.1 Å². The average Bonchev–Trinajstić information content (AvgIpc) is 3.10. The van der Waals surface area contributed by atoms with Gasteiger partial charge in [-0.15, -0.1) is 0 Å². The molecule has 25 heavy (non-hydrogen) atoms. The van der Waals surface area contributed by atoms with Crippen LogP contribution in [0.4, 0.5) is 8.78 Å². The predicted molar refractivity (Wildman–Crippen MR) is 88.8 cm³/mol. The van der Waals surface area contributed by atoms with Crippen LogP contribution < -0.4 is 4.74 Å². The van der Waals surface area contributed by atoms with Crippen LogP contribution in [0, 0.1) is 12.8 Å². The maximum atomic E-state index is 12.9. The first-order chi connectivity index (χ1) is 12.0. The number of piperidine rings is 1. The van der Waals surface area contributed by atoms with Crippen molar-refractivity contribution in [3.05, 3.63) is 47.8 Å². The van der Waals surface area contributed by atoms with E-state index >= 15 is 0 Å². The Morgan fingerprint density at radius 3 is 3.00 bits per heavy atom. The standard InChI is InChI=1S/C18H21F2N3O2/c1-13-4-2-6-15(10-13)25-12-14-5-3-9-22(11-14)17(24)16-7-8-21-23(16)18(19)20/h2,4,6-8,10,14,18H,3,5,9,11-12H2,1H3/t14-/m0/s1. The number of amides is 1. The van der Waals surface area contributed by atoms with Crippen LogP contribution in [-0.2, 0) is 0 Å². The summed E-state index contributed by atoms with van der Waals surface area (Å²) >= 11 is 0. The highest BCUT2D eigenvalue weighted by Gasteiger charge is 2.28. The highest BCUT2D eigenvalue weighted by molar-refractivity contribution is 5.92. The van der Waals surface area contributed by atoms with E-state index in [1.54, 1.807) is 4.90 Å². The topological polar surface area (TPSA) is 47.4 Å². The van der Waals surface area contributed by atoms with Gasteiger partial charge in [0.25, 0.3) is 5.91 Å². The summed E-state index contributed by atoms with van der Waals surface area (Å²) in [5.41, 5.74) is 1.05. The van der Waals surface area contributed by atoms with Crippen molar-refractivity contribution in [2.24, 2.45) is 5.92 Å². The number of likely N-dealkylation sites (tertiary alicyclic amines) is 1. The van der Waals surface area contributed by atoms with E-state index in [0.29, 0.717) is 24.4 Å². The van der Waals surface area contributed by atoms with Gasteiger partial charge in [0, 0.05) is 25.2 Å². The number of hydrogen-bond acceptors (Lipinski definition) is 3. The molecule has 0 aliphatic carbocycles. The Kier molecular flexibility index (Phi) is 5.31. The minimum Gasteiger partial charge on any atom is -0.493 e. The molecule has 1 aromatic carbocycles. The van der Waals surface area contributed by atoms with Crippen molar-refractivity contribution in [1.82, 2.24) is 14.7 Å². The Hall–Kier alpha value is -2.44. The smallest absolute Gasteiger partial charge is 0.333 e. The first kappa shape index (κ1) is 17.4. The molecule has 3 rings (SSSR count). The summed E-state index contributed by atoms with van der Waals surface area (Å²) in [7, 11) is 0. The van der Waals surface area contributed by atoms with Crippen molar-refractivity contribution in [2.45, 2.75) is 26.3 Å². The fourth-order valence-corrected chi connectivity index (χ4v) is 3.11. The van der Waals surface area contributed by atoms with Crippen LogP contribution in [-0.4, -0.2) is 40.3 Å². The van der Waals surface area contributed by atoms with Crippen molar-refractivity contribution >= 4 is 5.91 Å². The molecular weight excluding hydrogens is 328 g/mol. The number of alkyl halides is 2. The summed E-state index contributed by atoms with van der Waals surface area (Å²) in [5, 5.41) is 3.53. The quantitative estimate of drug-likeness (QED) is 0.830. The van der Waals surface area contributed by atoms with Gasteiger partial charge in [-0.3, -0.25) is 4.79 Å². The van der Waals surface area contributed by atoms with Crippen molar-refractivity contribution in [3.63, 3.8) is 0 Å². The van der Waals surface area contributed by atoms with Crippen LogP contribution in [0.15, 0.2) is 36.5 Å². The second-order valence-electron chi connectivity index (χ2n) is 6.33. The Balaban J connectivity index is 1.61. The molecule has 1 aliphatic rings. The van der Waals surface area contributed by atoms with E-state index in [1.165, 1.54) is 12.3 Å². The number of benzene rings is 1. The van der Waals surface area contributed by atoms with Gasteiger partial charge in [0.2, 0.25) is 0 Å². The number of ether oxygens (including phenoxy) is 1. The van der Waals surface area contributed by atoms with Gasteiger partial charge in [-0.2, -0.15) is 18.6 Å². The van der Waals surface area contributed by atoms with Crippen LogP contribution in [0.2, 0.25) is 0 Å². The monoisotopic (exact) mass is 349 g/mol. The van der Waals surface area contributed by atoms with Gasteiger partial charge in [0.1, 0.15) is 11.4 Å². The van der Waals surface area contributed by atoms with Crippen molar-refractivity contribution in [1.29, 1.82) is 0 Å². The van der Waals surface area contributed by atoms with Gasteiger partial charge >= 0.3 is 6.55 Å². The molecule has 1 aliphatic heterocycles. The van der Waals surface area contributed by atoms with E-state index in [-0.39, 0.29) is 11.6 Å². The zero-order chi connectivity index (χ0) is 17.8. The minimum atomic E-state index is -2.82. The molecule has 1 amide bonds. The van der Waals surface area contributed by atoms with Crippen LogP contribution in [0.1, 0.15) is 35.4 Å². The Morgan fingerprint density at radius 1 is 1.40 bits per heavy atom. The summed E-state index contributed by atoms with van der Waals surface area (Å²) in [6.45, 7) is 0.744. The lowest BCUT2D eigenvalue weighted by Crippen LogP contribution is -2.42. The largest absolute Gasteiger partial charge is 0.493 e. The van der Waals surface area contributed by atoms with E-state index in [2.05, 4.69) is 5.10 Å². The van der Waals surface area contributed by atoms with Gasteiger partial charge < -0.3 is 9.64 Å². The van der Waals surface area contributed by atoms with E-state index in [0.717, 1.165) is 24.2 Å². The maximum Gasteiger partial charge on any atom is 0.333 e. The van der Waals surface area contributed by atoms with Crippen LogP contribution in [0.3, 0.4) is 0 Å². The molecule has 2 heterocycles. The third-order valence-corrected chi connectivity index (χ3v) is 4.36. The van der Waals surface area contributed by atoms with Crippen LogP contribution >= 0.6 is 0 Å². The molecule has 1 atom stereocenters. The number of halogens is 2. The minimum absolute atomic E-state index is 0.0738. The summed E-state index contributed by atoms with van der Waals surface area (Å²) in [6.07, 6.45) is 3.00. The second-order valence-corrected chi connectivity index (χ2v) is 6.33. The summed E-state index contributed by atoms with van der Waals surface area (Å²) < 4.78 is 32.1. The van der Waals surface area contributed by atoms with Crippen molar-refractivity contribution in [2.75, 3.05) is 19.7 Å². The van der Waals surface area contributed by atoms with Crippen molar-refractivity contribution < 1.29 is 18.3 Å². The normalized spacial score (nSPS) is 17.8.